The minimum absolute atomic E-state index is 0.123. The zero-order chi connectivity index (χ0) is 23.3. The van der Waals surface area contributed by atoms with Gasteiger partial charge in [0.2, 0.25) is 0 Å². The van der Waals surface area contributed by atoms with E-state index in [2.05, 4.69) is 15.8 Å². The first-order valence-electron chi connectivity index (χ1n) is 9.51. The van der Waals surface area contributed by atoms with Crippen LogP contribution in [-0.4, -0.2) is 22.4 Å². The summed E-state index contributed by atoms with van der Waals surface area (Å²) in [5, 5.41) is 17.8. The van der Waals surface area contributed by atoms with Crippen molar-refractivity contribution in [1.82, 2.24) is 5.43 Å². The van der Waals surface area contributed by atoms with Gasteiger partial charge in [0.15, 0.2) is 0 Å². The lowest BCUT2D eigenvalue weighted by Gasteiger charge is -2.07. The minimum atomic E-state index is -0.573. The van der Waals surface area contributed by atoms with E-state index in [4.69, 9.17) is 0 Å². The molecular formula is C23H19FN4O4. The summed E-state index contributed by atoms with van der Waals surface area (Å²) in [5.74, 6) is -1.37. The highest BCUT2D eigenvalue weighted by molar-refractivity contribution is 6.05. The maximum absolute atomic E-state index is 13.0. The van der Waals surface area contributed by atoms with Gasteiger partial charge in [0.05, 0.1) is 10.6 Å². The van der Waals surface area contributed by atoms with Crippen LogP contribution < -0.4 is 10.7 Å². The molecule has 2 N–H and O–H groups in total. The second kappa shape index (κ2) is 9.61. The second-order valence-electron chi connectivity index (χ2n) is 6.93. The van der Waals surface area contributed by atoms with E-state index in [1.165, 1.54) is 42.5 Å². The first-order valence-corrected chi connectivity index (χ1v) is 9.51. The van der Waals surface area contributed by atoms with Crippen LogP contribution in [0, 0.1) is 22.9 Å². The number of nitro groups is 1. The van der Waals surface area contributed by atoms with E-state index in [-0.39, 0.29) is 17.2 Å². The fraction of sp³-hybridized carbons (Fsp3) is 0.0870. The van der Waals surface area contributed by atoms with Gasteiger partial charge in [0.1, 0.15) is 5.82 Å². The summed E-state index contributed by atoms with van der Waals surface area (Å²) in [6.45, 7) is 3.28. The number of hydrogen-bond acceptors (Lipinski definition) is 5. The number of halogens is 1. The molecule has 162 valence electrons. The monoisotopic (exact) mass is 434 g/mol. The largest absolute Gasteiger partial charge is 0.322 e. The van der Waals surface area contributed by atoms with Gasteiger partial charge in [-0.3, -0.25) is 19.7 Å². The average Bonchev–Trinajstić information content (AvgIpc) is 2.78. The SMILES string of the molecule is C/C(=N\NC(=O)c1ccc(C)c([N+](=O)[O-])c1)c1ccc(NC(=O)c2ccc(F)cc2)cc1. The Morgan fingerprint density at radius 3 is 2.12 bits per heavy atom. The Balaban J connectivity index is 1.65. The molecule has 0 aromatic heterocycles. The number of rotatable bonds is 6. The quantitative estimate of drug-likeness (QED) is 0.339. The standard InChI is InChI=1S/C23H19FN4O4/c1-14-3-4-18(13-21(14)28(31)32)23(30)27-26-15(2)16-7-11-20(12-8-16)25-22(29)17-5-9-19(24)10-6-17/h3-13H,1-2H3,(H,25,29)(H,27,30)/b26-15+. The lowest BCUT2D eigenvalue weighted by Crippen LogP contribution is -2.19. The van der Waals surface area contributed by atoms with E-state index in [1.807, 2.05) is 0 Å². The van der Waals surface area contributed by atoms with Crippen LogP contribution in [0.25, 0.3) is 0 Å². The number of aryl methyl sites for hydroxylation is 1. The third kappa shape index (κ3) is 5.39. The molecule has 3 aromatic rings. The Labute approximate surface area is 182 Å². The van der Waals surface area contributed by atoms with Gasteiger partial charge in [0, 0.05) is 28.4 Å². The predicted octanol–water partition coefficient (Wildman–Crippen LogP) is 4.45. The second-order valence-corrected chi connectivity index (χ2v) is 6.93. The summed E-state index contributed by atoms with van der Waals surface area (Å²) in [5.41, 5.74) is 4.87. The number of anilines is 1. The van der Waals surface area contributed by atoms with Gasteiger partial charge in [0.25, 0.3) is 17.5 Å². The Morgan fingerprint density at radius 2 is 1.50 bits per heavy atom. The van der Waals surface area contributed by atoms with Gasteiger partial charge in [-0.15, -0.1) is 0 Å². The van der Waals surface area contributed by atoms with Crippen molar-refractivity contribution in [2.45, 2.75) is 13.8 Å². The number of carbonyl (C=O) groups excluding carboxylic acids is 2. The summed E-state index contributed by atoms with van der Waals surface area (Å²) in [6.07, 6.45) is 0. The summed E-state index contributed by atoms with van der Waals surface area (Å²) in [4.78, 5) is 35.0. The summed E-state index contributed by atoms with van der Waals surface area (Å²) < 4.78 is 13.0. The summed E-state index contributed by atoms with van der Waals surface area (Å²) in [6, 6.07) is 16.1. The molecule has 0 saturated heterocycles. The zero-order valence-corrected chi connectivity index (χ0v) is 17.3. The van der Waals surface area contributed by atoms with Gasteiger partial charge < -0.3 is 5.32 Å². The molecule has 8 nitrogen and oxygen atoms in total. The van der Waals surface area contributed by atoms with E-state index >= 15 is 0 Å². The number of hydrazone groups is 1. The first kappa shape index (κ1) is 22.3. The topological polar surface area (TPSA) is 114 Å². The summed E-state index contributed by atoms with van der Waals surface area (Å²) in [7, 11) is 0. The number of nitro benzene ring substituents is 1. The fourth-order valence-corrected chi connectivity index (χ4v) is 2.81. The van der Waals surface area contributed by atoms with Gasteiger partial charge in [-0.2, -0.15) is 5.10 Å². The molecular weight excluding hydrogens is 415 g/mol. The van der Waals surface area contributed by atoms with Crippen molar-refractivity contribution in [3.05, 3.63) is 105 Å². The van der Waals surface area contributed by atoms with Gasteiger partial charge in [-0.05, 0) is 61.9 Å². The van der Waals surface area contributed by atoms with Crippen LogP contribution in [0.3, 0.4) is 0 Å². The molecule has 0 fully saturated rings. The maximum atomic E-state index is 13.0. The van der Waals surface area contributed by atoms with Gasteiger partial charge >= 0.3 is 0 Å². The Kier molecular flexibility index (Phi) is 6.69. The van der Waals surface area contributed by atoms with E-state index in [9.17, 15) is 24.1 Å². The highest BCUT2D eigenvalue weighted by atomic mass is 19.1. The molecule has 0 unspecified atom stereocenters. The number of carbonyl (C=O) groups is 2. The van der Waals surface area contributed by atoms with Crippen molar-refractivity contribution in [2.75, 3.05) is 5.32 Å². The van der Waals surface area contributed by atoms with Crippen LogP contribution in [0.15, 0.2) is 71.8 Å². The summed E-state index contributed by atoms with van der Waals surface area (Å²) >= 11 is 0. The third-order valence-corrected chi connectivity index (χ3v) is 4.66. The lowest BCUT2D eigenvalue weighted by atomic mass is 10.1. The van der Waals surface area contributed by atoms with Crippen molar-refractivity contribution in [3.63, 3.8) is 0 Å². The Hall–Kier alpha value is -4.40. The normalized spacial score (nSPS) is 11.0. The average molecular weight is 434 g/mol. The predicted molar refractivity (Wildman–Crippen MR) is 118 cm³/mol. The molecule has 0 saturated carbocycles. The molecule has 0 radical (unpaired) electrons. The van der Waals surface area contributed by atoms with Crippen molar-refractivity contribution in [3.8, 4) is 0 Å². The molecule has 0 spiro atoms. The van der Waals surface area contributed by atoms with Gasteiger partial charge in [-0.1, -0.05) is 18.2 Å². The number of hydrogen-bond donors (Lipinski definition) is 2. The van der Waals surface area contributed by atoms with Crippen LogP contribution in [0.2, 0.25) is 0 Å². The van der Waals surface area contributed by atoms with Crippen LogP contribution >= 0.6 is 0 Å². The van der Waals surface area contributed by atoms with Crippen molar-refractivity contribution in [1.29, 1.82) is 0 Å². The smallest absolute Gasteiger partial charge is 0.273 e. The zero-order valence-electron chi connectivity index (χ0n) is 17.3. The molecule has 3 rings (SSSR count). The molecule has 0 atom stereocenters. The Morgan fingerprint density at radius 1 is 0.906 bits per heavy atom. The van der Waals surface area contributed by atoms with Crippen LogP contribution in [0.4, 0.5) is 15.8 Å². The van der Waals surface area contributed by atoms with Crippen molar-refractivity contribution in [2.24, 2.45) is 5.10 Å². The molecule has 9 heteroatoms. The molecule has 3 aromatic carbocycles. The van der Waals surface area contributed by atoms with Crippen LogP contribution in [0.5, 0.6) is 0 Å². The molecule has 2 amide bonds. The van der Waals surface area contributed by atoms with Crippen LogP contribution in [0.1, 0.15) is 38.8 Å². The first-order chi connectivity index (χ1) is 15.2. The molecule has 0 bridgehead atoms. The van der Waals surface area contributed by atoms with Crippen molar-refractivity contribution >= 4 is 28.9 Å². The highest BCUT2D eigenvalue weighted by Crippen LogP contribution is 2.19. The lowest BCUT2D eigenvalue weighted by molar-refractivity contribution is -0.385. The van der Waals surface area contributed by atoms with Crippen molar-refractivity contribution < 1.29 is 18.9 Å². The maximum Gasteiger partial charge on any atom is 0.273 e. The third-order valence-electron chi connectivity index (χ3n) is 4.66. The number of benzene rings is 3. The fourth-order valence-electron chi connectivity index (χ4n) is 2.81. The number of nitrogens with one attached hydrogen (secondary N) is 2. The molecule has 0 aliphatic carbocycles. The molecule has 0 aliphatic heterocycles. The van der Waals surface area contributed by atoms with Crippen LogP contribution in [-0.2, 0) is 0 Å². The highest BCUT2D eigenvalue weighted by Gasteiger charge is 2.15. The molecule has 0 aliphatic rings. The molecule has 0 heterocycles. The van der Waals surface area contributed by atoms with E-state index in [0.717, 1.165) is 0 Å². The number of nitrogens with zero attached hydrogens (tertiary/aromatic N) is 2. The van der Waals surface area contributed by atoms with Gasteiger partial charge in [-0.25, -0.2) is 9.82 Å². The number of amides is 2. The minimum Gasteiger partial charge on any atom is -0.322 e. The Bertz CT molecular complexity index is 1210. The van der Waals surface area contributed by atoms with E-state index in [0.29, 0.717) is 28.1 Å². The molecule has 32 heavy (non-hydrogen) atoms. The van der Waals surface area contributed by atoms with E-state index in [1.54, 1.807) is 38.1 Å². The van der Waals surface area contributed by atoms with E-state index < -0.39 is 16.6 Å².